The van der Waals surface area contributed by atoms with Crippen LogP contribution in [0.4, 0.5) is 11.5 Å². The molecule has 0 spiro atoms. The van der Waals surface area contributed by atoms with E-state index in [0.717, 1.165) is 17.8 Å². The van der Waals surface area contributed by atoms with Crippen molar-refractivity contribution in [3.05, 3.63) is 99.8 Å². The highest BCUT2D eigenvalue weighted by molar-refractivity contribution is 7.99. The molecule has 0 unspecified atom stereocenters. The van der Waals surface area contributed by atoms with Gasteiger partial charge in [0.2, 0.25) is 0 Å². The van der Waals surface area contributed by atoms with Crippen LogP contribution in [-0.2, 0) is 0 Å². The Morgan fingerprint density at radius 3 is 1.75 bits per heavy atom. The number of amides is 1. The van der Waals surface area contributed by atoms with Crippen LogP contribution < -0.4 is 16.2 Å². The van der Waals surface area contributed by atoms with Crippen LogP contribution in [0.5, 0.6) is 0 Å². The van der Waals surface area contributed by atoms with E-state index >= 15 is 0 Å². The van der Waals surface area contributed by atoms with Crippen LogP contribution in [0.2, 0.25) is 0 Å². The van der Waals surface area contributed by atoms with Crippen molar-refractivity contribution in [1.29, 1.82) is 0 Å². The summed E-state index contributed by atoms with van der Waals surface area (Å²) in [6, 6.07) is 21.0. The van der Waals surface area contributed by atoms with Gasteiger partial charge >= 0.3 is 11.9 Å². The van der Waals surface area contributed by atoms with Crippen LogP contribution in [0.25, 0.3) is 5.69 Å². The molecule has 0 aliphatic carbocycles. The molecule has 0 atom stereocenters. The molecule has 11 heteroatoms. The minimum absolute atomic E-state index is 0.113. The number of benzene rings is 3. The Morgan fingerprint density at radius 1 is 0.660 bits per heavy atom. The fourth-order valence-corrected chi connectivity index (χ4v) is 4.85. The first-order valence-corrected chi connectivity index (χ1v) is 15.4. The molecule has 4 rings (SSSR count). The molecule has 3 aromatic carbocycles. The number of carbonyl (C=O) groups is 3. The lowest BCUT2D eigenvalue weighted by Crippen LogP contribution is -2.17. The highest BCUT2D eigenvalue weighted by Crippen LogP contribution is 2.33. The molecular weight excluding hydrogens is 689 g/mol. The number of hydrogen-bond donors (Lipinski definition) is 5. The van der Waals surface area contributed by atoms with E-state index in [4.69, 9.17) is 6.42 Å². The minimum atomic E-state index is -1.33. The number of hydrogen-bond acceptors (Lipinski definition) is 6. The molecule has 248 valence electrons. The minimum Gasteiger partial charge on any atom is -0.478 e. The summed E-state index contributed by atoms with van der Waals surface area (Å²) in [7, 11) is 0. The van der Waals surface area contributed by atoms with Gasteiger partial charge in [0.1, 0.15) is 10.7 Å². The molecular formula is C42H18N4O6S. The number of aromatic carboxylic acids is 2. The summed E-state index contributed by atoms with van der Waals surface area (Å²) in [5.41, 5.74) is -0.140. The van der Waals surface area contributed by atoms with Gasteiger partial charge in [0, 0.05) is 69.6 Å². The fourth-order valence-electron chi connectivity index (χ4n) is 3.90. The summed E-state index contributed by atoms with van der Waals surface area (Å²) in [5.74, 6) is 35.8. The Labute approximate surface area is 307 Å². The van der Waals surface area contributed by atoms with E-state index in [-0.39, 0.29) is 33.1 Å². The Morgan fingerprint density at radius 2 is 1.21 bits per heavy atom. The van der Waals surface area contributed by atoms with E-state index in [2.05, 4.69) is 117 Å². The second-order valence-electron chi connectivity index (χ2n) is 9.55. The van der Waals surface area contributed by atoms with E-state index in [1.807, 2.05) is 0 Å². The van der Waals surface area contributed by atoms with E-state index in [0.29, 0.717) is 10.6 Å². The van der Waals surface area contributed by atoms with Gasteiger partial charge in [-0.05, 0) is 95.9 Å². The third kappa shape index (κ3) is 11.4. The summed E-state index contributed by atoms with van der Waals surface area (Å²) in [4.78, 5) is 50.5. The van der Waals surface area contributed by atoms with Crippen molar-refractivity contribution in [2.45, 2.75) is 9.79 Å². The first-order chi connectivity index (χ1) is 25.8. The van der Waals surface area contributed by atoms with Gasteiger partial charge in [0.05, 0.1) is 16.8 Å². The van der Waals surface area contributed by atoms with Gasteiger partial charge in [-0.15, -0.1) is 6.42 Å². The quantitative estimate of drug-likeness (QED) is 0.137. The van der Waals surface area contributed by atoms with Gasteiger partial charge in [-0.3, -0.25) is 20.0 Å². The molecule has 1 heterocycles. The Bertz CT molecular complexity index is 2740. The number of carbonyl (C=O) groups excluding carboxylic acids is 1. The van der Waals surface area contributed by atoms with Gasteiger partial charge in [-0.25, -0.2) is 14.3 Å². The lowest BCUT2D eigenvalue weighted by molar-refractivity contribution is 0.0696. The first-order valence-electron chi connectivity index (χ1n) is 14.6. The number of anilines is 2. The van der Waals surface area contributed by atoms with Crippen molar-refractivity contribution in [1.82, 2.24) is 15.1 Å². The summed E-state index contributed by atoms with van der Waals surface area (Å²) in [6.07, 6.45) is 4.96. The zero-order valence-corrected chi connectivity index (χ0v) is 27.7. The second kappa shape index (κ2) is 19.3. The summed E-state index contributed by atoms with van der Waals surface area (Å²) in [6.45, 7) is 0. The van der Waals surface area contributed by atoms with Gasteiger partial charge in [0.15, 0.2) is 0 Å². The van der Waals surface area contributed by atoms with E-state index < -0.39 is 23.4 Å². The van der Waals surface area contributed by atoms with Crippen LogP contribution in [0.3, 0.4) is 0 Å². The Kier molecular flexibility index (Phi) is 13.5. The topological polar surface area (TPSA) is 154 Å². The zero-order valence-electron chi connectivity index (χ0n) is 26.9. The molecule has 0 saturated heterocycles. The molecule has 5 N–H and O–H groups in total. The number of carboxylic acids is 2. The number of terminal acetylenes is 1. The molecule has 0 saturated carbocycles. The second-order valence-corrected chi connectivity index (χ2v) is 10.6. The number of para-hydroxylation sites is 1. The third-order valence-corrected chi connectivity index (χ3v) is 7.13. The lowest BCUT2D eigenvalue weighted by atomic mass is 10.1. The van der Waals surface area contributed by atoms with Crippen molar-refractivity contribution in [3.8, 4) is 113 Å². The number of rotatable bonds is 8. The predicted octanol–water partition coefficient (Wildman–Crippen LogP) is 3.80. The standard InChI is InChI=1S/C42H18N4O6S/c1-2-3-4-5-6-7-8-9-10-11-12-13-14-15-16-20-26-43-39(47)31-22-21-25-36(30-31)53-37-38(45-46(40(37)48)35-23-18-17-19-24-35)44-34-28-32(41(49)50)27-33(29-34)42(51)52/h1,17-19,21-25,27-30,44-45H,(H,43,47)(H,49,50)(H,51,52). The molecule has 0 fully saturated rings. The summed E-state index contributed by atoms with van der Waals surface area (Å²) in [5, 5.41) is 27.4. The average Bonchev–Trinajstić information content (AvgIpc) is 3.46. The maximum Gasteiger partial charge on any atom is 0.335 e. The third-order valence-electron chi connectivity index (χ3n) is 6.06. The number of aromatic nitrogens is 2. The van der Waals surface area contributed by atoms with Crippen molar-refractivity contribution in [3.63, 3.8) is 0 Å². The van der Waals surface area contributed by atoms with Crippen molar-refractivity contribution >= 4 is 41.1 Å². The number of aromatic amines is 1. The van der Waals surface area contributed by atoms with E-state index in [1.54, 1.807) is 54.6 Å². The van der Waals surface area contributed by atoms with Gasteiger partial charge < -0.3 is 15.5 Å². The smallest absolute Gasteiger partial charge is 0.335 e. The normalized spacial score (nSPS) is 8.43. The number of H-pyrrole nitrogens is 1. The molecule has 10 nitrogen and oxygen atoms in total. The predicted molar refractivity (Wildman–Crippen MR) is 199 cm³/mol. The SMILES string of the molecule is C#CC#CC#CC#CC#CC#CC#CC#CC#CNC(=O)c1cccc(Sc2c(Nc3cc(C(=O)O)cc(C(=O)O)c3)[nH]n(-c3ccccc3)c2=O)c1. The van der Waals surface area contributed by atoms with Crippen LogP contribution in [-0.4, -0.2) is 37.8 Å². The highest BCUT2D eigenvalue weighted by Gasteiger charge is 2.19. The van der Waals surface area contributed by atoms with Crippen LogP contribution in [0, 0.1) is 107 Å². The molecule has 0 radical (unpaired) electrons. The zero-order chi connectivity index (χ0) is 37.8. The van der Waals surface area contributed by atoms with Crippen LogP contribution in [0.1, 0.15) is 31.1 Å². The van der Waals surface area contributed by atoms with Crippen LogP contribution in [0.15, 0.2) is 87.4 Å². The molecule has 1 amide bonds. The van der Waals surface area contributed by atoms with E-state index in [1.165, 1.54) is 16.8 Å². The van der Waals surface area contributed by atoms with Crippen LogP contribution >= 0.6 is 11.8 Å². The Balaban J connectivity index is 1.48. The largest absolute Gasteiger partial charge is 0.478 e. The maximum absolute atomic E-state index is 13.7. The monoisotopic (exact) mass is 706 g/mol. The molecule has 0 bridgehead atoms. The average molecular weight is 707 g/mol. The Hall–Kier alpha value is -8.73. The fraction of sp³-hybridized carbons (Fsp3) is 0. The highest BCUT2D eigenvalue weighted by atomic mass is 32.2. The van der Waals surface area contributed by atoms with Gasteiger partial charge in [0.25, 0.3) is 11.5 Å². The van der Waals surface area contributed by atoms with E-state index in [9.17, 15) is 29.4 Å². The van der Waals surface area contributed by atoms with Gasteiger partial charge in [-0.2, -0.15) is 0 Å². The first kappa shape index (κ1) is 37.1. The lowest BCUT2D eigenvalue weighted by Gasteiger charge is -2.09. The molecule has 53 heavy (non-hydrogen) atoms. The van der Waals surface area contributed by atoms with Gasteiger partial charge in [-0.1, -0.05) is 36.0 Å². The number of nitrogens with zero attached hydrogens (tertiary/aromatic N) is 1. The molecule has 0 aliphatic rings. The molecule has 1 aromatic heterocycles. The molecule has 4 aromatic rings. The van der Waals surface area contributed by atoms with Crippen molar-refractivity contribution < 1.29 is 24.6 Å². The summed E-state index contributed by atoms with van der Waals surface area (Å²) < 4.78 is 1.28. The number of carboxylic acid groups (broad SMARTS) is 2. The van der Waals surface area contributed by atoms with Crippen molar-refractivity contribution in [2.24, 2.45) is 0 Å². The van der Waals surface area contributed by atoms with Crippen molar-refractivity contribution in [2.75, 3.05) is 5.32 Å². The summed E-state index contributed by atoms with van der Waals surface area (Å²) >= 11 is 1.02. The number of nitrogens with one attached hydrogen (secondary N) is 3. The maximum atomic E-state index is 13.7. The molecule has 0 aliphatic heterocycles.